The number of hydrogen-bond acceptors (Lipinski definition) is 10. The highest BCUT2D eigenvalue weighted by atomic mass is 35.5. The van der Waals surface area contributed by atoms with Crippen molar-refractivity contribution in [3.8, 4) is 0 Å². The van der Waals surface area contributed by atoms with Gasteiger partial charge in [-0.25, -0.2) is 0 Å². The van der Waals surface area contributed by atoms with Gasteiger partial charge in [0.2, 0.25) is 0 Å². The fraction of sp³-hybridized carbons (Fsp3) is 0.619. The zero-order valence-electron chi connectivity index (χ0n) is 31.2. The Morgan fingerprint density at radius 3 is 1.74 bits per heavy atom. The van der Waals surface area contributed by atoms with Crippen molar-refractivity contribution < 1.29 is 28.8 Å². The predicted octanol–water partition coefficient (Wildman–Crippen LogP) is 8.36. The lowest BCUT2D eigenvalue weighted by Crippen LogP contribution is -2.54. The Labute approximate surface area is 329 Å². The number of aliphatic hydroxyl groups is 1. The van der Waals surface area contributed by atoms with Gasteiger partial charge in [-0.15, -0.1) is 34.3 Å². The first-order valence-electron chi connectivity index (χ1n) is 19.8. The predicted molar refractivity (Wildman–Crippen MR) is 219 cm³/mol. The minimum atomic E-state index is 0.0486. The maximum absolute atomic E-state index is 8.74. The zero-order chi connectivity index (χ0) is 36.5. The van der Waals surface area contributed by atoms with Gasteiger partial charge in [0, 0.05) is 74.4 Å². The number of halogens is 1. The Balaban J connectivity index is 0.000000150. The molecule has 8 nitrogen and oxygen atoms in total. The van der Waals surface area contributed by atoms with E-state index in [2.05, 4.69) is 69.1 Å². The maximum Gasteiger partial charge on any atom is 0.158 e. The van der Waals surface area contributed by atoms with Crippen LogP contribution >= 0.6 is 34.3 Å². The van der Waals surface area contributed by atoms with Gasteiger partial charge in [0.05, 0.1) is 18.8 Å². The van der Waals surface area contributed by atoms with Crippen molar-refractivity contribution >= 4 is 54.4 Å². The van der Waals surface area contributed by atoms with Gasteiger partial charge in [-0.2, -0.15) is 0 Å². The lowest BCUT2D eigenvalue weighted by atomic mass is 10.1. The first-order chi connectivity index (χ1) is 26.1. The van der Waals surface area contributed by atoms with E-state index in [9.17, 15) is 0 Å². The molecule has 53 heavy (non-hydrogen) atoms. The van der Waals surface area contributed by atoms with E-state index in [1.165, 1.54) is 57.0 Å². The molecule has 4 aromatic rings. The number of rotatable bonds is 16. The van der Waals surface area contributed by atoms with Crippen LogP contribution in [0, 0.1) is 0 Å². The van der Waals surface area contributed by atoms with Crippen LogP contribution in [0.5, 0.6) is 0 Å². The first kappa shape index (κ1) is 41.0. The second-order valence-corrected chi connectivity index (χ2v) is 16.7. The normalized spacial score (nSPS) is 21.4. The largest absolute Gasteiger partial charge is 0.396 e. The number of likely N-dealkylation sites (tertiary alicyclic amines) is 2. The molecule has 2 atom stereocenters. The Morgan fingerprint density at radius 2 is 1.23 bits per heavy atom. The molecule has 4 saturated heterocycles. The lowest BCUT2D eigenvalue weighted by molar-refractivity contribution is -0.213. The second kappa shape index (κ2) is 22.8. The van der Waals surface area contributed by atoms with Gasteiger partial charge in [0.1, 0.15) is 0 Å². The summed E-state index contributed by atoms with van der Waals surface area (Å²) in [5.41, 5.74) is 2.58. The number of hydrogen-bond donors (Lipinski definition) is 1. The van der Waals surface area contributed by atoms with E-state index < -0.39 is 0 Å². The number of alkyl halides is 1. The summed E-state index contributed by atoms with van der Waals surface area (Å²) in [6.45, 7) is 10.0. The number of nitrogens with zero attached hydrogens (tertiary/aromatic N) is 2. The molecule has 1 N–H and O–H groups in total. The van der Waals surface area contributed by atoms with E-state index in [4.69, 9.17) is 40.4 Å². The third-order valence-corrected chi connectivity index (χ3v) is 12.2. The Morgan fingerprint density at radius 1 is 0.679 bits per heavy atom. The fourth-order valence-corrected chi connectivity index (χ4v) is 8.75. The van der Waals surface area contributed by atoms with Gasteiger partial charge in [-0.3, -0.25) is 9.80 Å². The molecule has 0 bridgehead atoms. The summed E-state index contributed by atoms with van der Waals surface area (Å²) in [6.07, 6.45) is 11.8. The third-order valence-electron chi connectivity index (χ3n) is 10.2. The van der Waals surface area contributed by atoms with E-state index >= 15 is 0 Å². The smallest absolute Gasteiger partial charge is 0.158 e. The molecule has 4 fully saturated rings. The second-order valence-electron chi connectivity index (χ2n) is 14.4. The molecular formula is C42H59ClN2O6S2. The molecule has 4 aliphatic rings. The quantitative estimate of drug-likeness (QED) is 0.0899. The summed E-state index contributed by atoms with van der Waals surface area (Å²) in [7, 11) is 0. The van der Waals surface area contributed by atoms with E-state index in [-0.39, 0.29) is 19.2 Å². The summed E-state index contributed by atoms with van der Waals surface area (Å²) >= 11 is 9.19. The monoisotopic (exact) mass is 786 g/mol. The summed E-state index contributed by atoms with van der Waals surface area (Å²) in [5, 5.41) is 15.6. The molecule has 2 aromatic carbocycles. The zero-order valence-corrected chi connectivity index (χ0v) is 33.6. The lowest BCUT2D eigenvalue weighted by Gasteiger charge is -2.41. The van der Waals surface area contributed by atoms with Gasteiger partial charge >= 0.3 is 0 Å². The van der Waals surface area contributed by atoms with Gasteiger partial charge in [-0.05, 0) is 128 Å². The van der Waals surface area contributed by atoms with Crippen LogP contribution in [0.1, 0.15) is 62.5 Å². The molecule has 2 unspecified atom stereocenters. The SMILES string of the molecule is ClCCCN1CC(OC2CCCCO2)C1.OCCc1ccc2sccc2c1.c1cc2cc(CCOCCCN3CC(OC4CCCCO4)C3)ccc2s1. The highest BCUT2D eigenvalue weighted by molar-refractivity contribution is 7.17. The van der Waals surface area contributed by atoms with Gasteiger partial charge in [-0.1, -0.05) is 24.3 Å². The van der Waals surface area contributed by atoms with Crippen molar-refractivity contribution in [2.45, 2.75) is 89.0 Å². The molecule has 11 heteroatoms. The van der Waals surface area contributed by atoms with E-state index in [1.807, 2.05) is 0 Å². The Hall–Kier alpha value is -1.67. The molecule has 0 aliphatic carbocycles. The third kappa shape index (κ3) is 13.8. The first-order valence-corrected chi connectivity index (χ1v) is 22.1. The van der Waals surface area contributed by atoms with Crippen molar-refractivity contribution in [3.05, 3.63) is 70.4 Å². The molecule has 2 aromatic heterocycles. The number of fused-ring (bicyclic) bond motifs is 2. The van der Waals surface area contributed by atoms with Gasteiger partial charge in [0.25, 0.3) is 0 Å². The van der Waals surface area contributed by atoms with Crippen molar-refractivity contribution in [2.24, 2.45) is 0 Å². The summed E-state index contributed by atoms with van der Waals surface area (Å²) in [6, 6.07) is 17.4. The summed E-state index contributed by atoms with van der Waals surface area (Å²) in [5.74, 6) is 0.758. The van der Waals surface area contributed by atoms with Gasteiger partial charge < -0.3 is 28.8 Å². The average Bonchev–Trinajstić information content (AvgIpc) is 3.84. The van der Waals surface area contributed by atoms with Crippen molar-refractivity contribution in [2.75, 3.05) is 78.2 Å². The molecule has 4 aliphatic heterocycles. The van der Waals surface area contributed by atoms with Gasteiger partial charge in [0.15, 0.2) is 12.6 Å². The van der Waals surface area contributed by atoms with Crippen LogP contribution < -0.4 is 0 Å². The number of thiophene rings is 2. The van der Waals surface area contributed by atoms with Crippen LogP contribution in [0.2, 0.25) is 0 Å². The van der Waals surface area contributed by atoms with E-state index in [0.29, 0.717) is 12.2 Å². The molecule has 0 radical (unpaired) electrons. The van der Waals surface area contributed by atoms with Crippen molar-refractivity contribution in [3.63, 3.8) is 0 Å². The molecule has 6 heterocycles. The summed E-state index contributed by atoms with van der Waals surface area (Å²) < 4.78 is 31.5. The number of benzene rings is 2. The maximum atomic E-state index is 8.74. The Bertz CT molecular complexity index is 1580. The molecule has 0 saturated carbocycles. The molecule has 0 amide bonds. The van der Waals surface area contributed by atoms with Crippen LogP contribution in [0.15, 0.2) is 59.3 Å². The molecule has 292 valence electrons. The molecule has 8 rings (SSSR count). The van der Waals surface area contributed by atoms with Crippen molar-refractivity contribution in [1.29, 1.82) is 0 Å². The minimum absolute atomic E-state index is 0.0486. The molecule has 0 spiro atoms. The Kier molecular flexibility index (Phi) is 17.6. The standard InChI is InChI=1S/C21H29NO3S.C11H20ClNO2.C10H10OS/c1-2-11-24-21(4-1)25-19-15-22(16-19)9-3-10-23-12-7-17-5-6-20-18(14-17)8-13-26-20;12-5-3-6-13-8-10(9-13)15-11-4-1-2-7-14-11;11-5-3-8-1-2-10-9(7-8)4-6-12-10/h5-6,8,13-14,19,21H,1-4,7,9-12,15-16H2;10-11H,1-9H2;1-2,4,6-7,11H,3,5H2. The topological polar surface area (TPSA) is 72.9 Å². The average molecular weight is 788 g/mol. The van der Waals surface area contributed by atoms with Crippen LogP contribution in [0.25, 0.3) is 20.2 Å². The highest BCUT2D eigenvalue weighted by Gasteiger charge is 2.31. The molecular weight excluding hydrogens is 728 g/mol. The number of ether oxygens (including phenoxy) is 5. The minimum Gasteiger partial charge on any atom is -0.396 e. The fourth-order valence-electron chi connectivity index (χ4n) is 7.09. The van der Waals surface area contributed by atoms with Crippen molar-refractivity contribution in [1.82, 2.24) is 9.80 Å². The van der Waals surface area contributed by atoms with E-state index in [0.717, 1.165) is 110 Å². The van der Waals surface area contributed by atoms with Crippen LogP contribution in [0.4, 0.5) is 0 Å². The number of aliphatic hydroxyl groups excluding tert-OH is 1. The van der Waals surface area contributed by atoms with Crippen LogP contribution in [0.3, 0.4) is 0 Å². The highest BCUT2D eigenvalue weighted by Crippen LogP contribution is 2.24. The van der Waals surface area contributed by atoms with Crippen LogP contribution in [-0.4, -0.2) is 118 Å². The van der Waals surface area contributed by atoms with E-state index in [1.54, 1.807) is 22.7 Å². The summed E-state index contributed by atoms with van der Waals surface area (Å²) in [4.78, 5) is 4.83. The van der Waals surface area contributed by atoms with Crippen LogP contribution in [-0.2, 0) is 36.5 Å².